The highest BCUT2D eigenvalue weighted by Gasteiger charge is 2.54. The molecule has 0 N–H and O–H groups in total. The summed E-state index contributed by atoms with van der Waals surface area (Å²) in [5.41, 5.74) is 1.20. The van der Waals surface area contributed by atoms with E-state index in [0.29, 0.717) is 43.8 Å². The number of pyridine rings is 1. The first-order chi connectivity index (χ1) is 13.2. The molecule has 7 heteroatoms. The molecule has 2 aliphatic heterocycles. The zero-order chi connectivity index (χ0) is 18.3. The standard InChI is InChI=1S/C20H23N3O4/c24-19(17-8-18(27-22-17)15-3-4-15)23-12-20(13-23)16(5-7-26-20)11-25-10-14-2-1-6-21-9-14/h1-2,6,8-9,15-16H,3-5,7,10-13H2. The molecule has 1 spiro atoms. The molecule has 142 valence electrons. The zero-order valence-electron chi connectivity index (χ0n) is 15.2. The SMILES string of the molecule is O=C(c1cc(C2CC2)on1)N1CC2(C1)OCCC2COCc1cccnc1. The third-order valence-corrected chi connectivity index (χ3v) is 5.84. The van der Waals surface area contributed by atoms with Crippen molar-refractivity contribution in [3.05, 3.63) is 47.6 Å². The van der Waals surface area contributed by atoms with Crippen molar-refractivity contribution >= 4 is 5.91 Å². The molecule has 2 aromatic heterocycles. The summed E-state index contributed by atoms with van der Waals surface area (Å²) >= 11 is 0. The lowest BCUT2D eigenvalue weighted by Gasteiger charge is -2.49. The number of rotatable bonds is 6. The molecule has 1 amide bonds. The molecule has 0 radical (unpaired) electrons. The van der Waals surface area contributed by atoms with Crippen molar-refractivity contribution in [3.63, 3.8) is 0 Å². The van der Waals surface area contributed by atoms with Crippen molar-refractivity contribution in [2.75, 3.05) is 26.3 Å². The van der Waals surface area contributed by atoms with Gasteiger partial charge in [0.05, 0.1) is 26.3 Å². The largest absolute Gasteiger partial charge is 0.376 e. The Morgan fingerprint density at radius 2 is 2.22 bits per heavy atom. The number of carbonyl (C=O) groups excluding carboxylic acids is 1. The smallest absolute Gasteiger partial charge is 0.276 e. The molecule has 2 aromatic rings. The molecular weight excluding hydrogens is 346 g/mol. The normalized spacial score (nSPS) is 23.6. The summed E-state index contributed by atoms with van der Waals surface area (Å²) in [4.78, 5) is 18.5. The van der Waals surface area contributed by atoms with Crippen molar-refractivity contribution in [2.24, 2.45) is 5.92 Å². The number of amides is 1. The van der Waals surface area contributed by atoms with Gasteiger partial charge in [0.1, 0.15) is 11.4 Å². The van der Waals surface area contributed by atoms with Crippen LogP contribution in [0.4, 0.5) is 0 Å². The maximum absolute atomic E-state index is 12.6. The van der Waals surface area contributed by atoms with Crippen LogP contribution in [0.2, 0.25) is 0 Å². The molecule has 1 atom stereocenters. The Hall–Kier alpha value is -2.25. The maximum atomic E-state index is 12.6. The van der Waals surface area contributed by atoms with Gasteiger partial charge in [-0.1, -0.05) is 11.2 Å². The Labute approximate surface area is 157 Å². The van der Waals surface area contributed by atoms with E-state index in [1.807, 2.05) is 18.3 Å². The molecular formula is C20H23N3O4. The van der Waals surface area contributed by atoms with Crippen molar-refractivity contribution in [1.82, 2.24) is 15.0 Å². The highest BCUT2D eigenvalue weighted by Crippen LogP contribution is 2.42. The fourth-order valence-electron chi connectivity index (χ4n) is 4.03. The Bertz CT molecular complexity index is 812. The van der Waals surface area contributed by atoms with Crippen molar-refractivity contribution in [3.8, 4) is 0 Å². The van der Waals surface area contributed by atoms with Gasteiger partial charge in [0.25, 0.3) is 5.91 Å². The summed E-state index contributed by atoms with van der Waals surface area (Å²) in [5.74, 6) is 1.54. The van der Waals surface area contributed by atoms with Gasteiger partial charge in [0.2, 0.25) is 0 Å². The molecule has 27 heavy (non-hydrogen) atoms. The second-order valence-electron chi connectivity index (χ2n) is 7.83. The van der Waals surface area contributed by atoms with E-state index in [-0.39, 0.29) is 11.5 Å². The van der Waals surface area contributed by atoms with Crippen LogP contribution in [0.25, 0.3) is 0 Å². The van der Waals surface area contributed by atoms with Crippen LogP contribution in [0, 0.1) is 5.92 Å². The number of hydrogen-bond donors (Lipinski definition) is 0. The predicted octanol–water partition coefficient (Wildman–Crippen LogP) is 2.39. The van der Waals surface area contributed by atoms with Crippen LogP contribution in [0.15, 0.2) is 35.1 Å². The first kappa shape index (κ1) is 16.9. The number of nitrogens with zero attached hydrogens (tertiary/aromatic N) is 3. The number of hydrogen-bond acceptors (Lipinski definition) is 6. The summed E-state index contributed by atoms with van der Waals surface area (Å²) in [5, 5.41) is 3.96. The second-order valence-corrected chi connectivity index (χ2v) is 7.83. The minimum absolute atomic E-state index is 0.0678. The number of likely N-dealkylation sites (tertiary alicyclic amines) is 1. The van der Waals surface area contributed by atoms with E-state index in [1.54, 1.807) is 17.2 Å². The van der Waals surface area contributed by atoms with Crippen LogP contribution in [-0.2, 0) is 16.1 Å². The molecule has 4 heterocycles. The fraction of sp³-hybridized carbons (Fsp3) is 0.550. The van der Waals surface area contributed by atoms with Crippen molar-refractivity contribution in [2.45, 2.75) is 37.4 Å². The zero-order valence-corrected chi connectivity index (χ0v) is 15.2. The molecule has 3 aliphatic rings. The first-order valence-electron chi connectivity index (χ1n) is 9.60. The van der Waals surface area contributed by atoms with E-state index in [0.717, 1.165) is 37.2 Å². The maximum Gasteiger partial charge on any atom is 0.276 e. The Morgan fingerprint density at radius 1 is 1.33 bits per heavy atom. The molecule has 1 aliphatic carbocycles. The number of aromatic nitrogens is 2. The van der Waals surface area contributed by atoms with Crippen LogP contribution < -0.4 is 0 Å². The van der Waals surface area contributed by atoms with E-state index in [1.165, 1.54) is 0 Å². The lowest BCUT2D eigenvalue weighted by Crippen LogP contribution is -2.66. The quantitative estimate of drug-likeness (QED) is 0.778. The summed E-state index contributed by atoms with van der Waals surface area (Å²) in [6.07, 6.45) is 6.80. The third-order valence-electron chi connectivity index (χ3n) is 5.84. The third kappa shape index (κ3) is 3.26. The van der Waals surface area contributed by atoms with Gasteiger partial charge in [-0.2, -0.15) is 0 Å². The van der Waals surface area contributed by atoms with Gasteiger partial charge >= 0.3 is 0 Å². The van der Waals surface area contributed by atoms with Crippen molar-refractivity contribution in [1.29, 1.82) is 0 Å². The van der Waals surface area contributed by atoms with Gasteiger partial charge in [-0.05, 0) is 30.9 Å². The summed E-state index contributed by atoms with van der Waals surface area (Å²) in [6.45, 7) is 3.09. The molecule has 3 fully saturated rings. The Morgan fingerprint density at radius 3 is 3.00 bits per heavy atom. The second kappa shape index (κ2) is 6.73. The average Bonchev–Trinajstić information content (AvgIpc) is 3.24. The van der Waals surface area contributed by atoms with Gasteiger partial charge in [0.15, 0.2) is 5.69 Å². The molecule has 0 bridgehead atoms. The minimum atomic E-state index is -0.270. The topological polar surface area (TPSA) is 77.7 Å². The highest BCUT2D eigenvalue weighted by molar-refractivity contribution is 5.93. The Kier molecular flexibility index (Phi) is 4.21. The number of carbonyl (C=O) groups is 1. The molecule has 0 aromatic carbocycles. The van der Waals surface area contributed by atoms with Gasteiger partial charge in [-0.15, -0.1) is 0 Å². The lowest BCUT2D eigenvalue weighted by atomic mass is 9.81. The number of ether oxygens (including phenoxy) is 2. The molecule has 7 nitrogen and oxygen atoms in total. The van der Waals surface area contributed by atoms with E-state index in [9.17, 15) is 4.79 Å². The van der Waals surface area contributed by atoms with Gasteiger partial charge in [-0.25, -0.2) is 0 Å². The van der Waals surface area contributed by atoms with Crippen LogP contribution in [0.5, 0.6) is 0 Å². The van der Waals surface area contributed by atoms with E-state index < -0.39 is 0 Å². The first-order valence-corrected chi connectivity index (χ1v) is 9.60. The van der Waals surface area contributed by atoms with E-state index in [4.69, 9.17) is 14.0 Å². The molecule has 2 saturated heterocycles. The average molecular weight is 369 g/mol. The van der Waals surface area contributed by atoms with Crippen LogP contribution in [0.3, 0.4) is 0 Å². The summed E-state index contributed by atoms with van der Waals surface area (Å²) in [6, 6.07) is 5.72. The summed E-state index contributed by atoms with van der Waals surface area (Å²) in [7, 11) is 0. The molecule has 5 rings (SSSR count). The Balaban J connectivity index is 1.15. The fourth-order valence-corrected chi connectivity index (χ4v) is 4.03. The monoisotopic (exact) mass is 369 g/mol. The van der Waals surface area contributed by atoms with Crippen LogP contribution >= 0.6 is 0 Å². The molecule has 1 unspecified atom stereocenters. The van der Waals surface area contributed by atoms with Gasteiger partial charge in [0, 0.05) is 36.9 Å². The van der Waals surface area contributed by atoms with Crippen LogP contribution in [0.1, 0.15) is 47.0 Å². The van der Waals surface area contributed by atoms with E-state index in [2.05, 4.69) is 10.1 Å². The van der Waals surface area contributed by atoms with Gasteiger partial charge in [-0.3, -0.25) is 9.78 Å². The highest BCUT2D eigenvalue weighted by atomic mass is 16.5. The molecule has 1 saturated carbocycles. The van der Waals surface area contributed by atoms with E-state index >= 15 is 0 Å². The predicted molar refractivity (Wildman–Crippen MR) is 95.1 cm³/mol. The van der Waals surface area contributed by atoms with Gasteiger partial charge < -0.3 is 18.9 Å². The minimum Gasteiger partial charge on any atom is -0.376 e. The lowest BCUT2D eigenvalue weighted by molar-refractivity contribution is -0.129. The van der Waals surface area contributed by atoms with Crippen molar-refractivity contribution < 1.29 is 18.8 Å². The van der Waals surface area contributed by atoms with Crippen LogP contribution in [-0.4, -0.2) is 52.9 Å². The summed E-state index contributed by atoms with van der Waals surface area (Å²) < 4.78 is 17.2.